The molecule has 0 amide bonds. The number of benzene rings is 1. The molecule has 3 heterocycles. The van der Waals surface area contributed by atoms with Crippen LogP contribution in [0.2, 0.25) is 0 Å². The van der Waals surface area contributed by atoms with Crippen molar-refractivity contribution in [2.75, 3.05) is 5.32 Å². The highest BCUT2D eigenvalue weighted by atomic mass is 32.1. The van der Waals surface area contributed by atoms with Crippen LogP contribution in [0.5, 0.6) is 0 Å². The molecular weight excluding hydrogens is 324 g/mol. The van der Waals surface area contributed by atoms with E-state index in [1.807, 2.05) is 44.2 Å². The molecular formula is C17H16N4O2S. The summed E-state index contributed by atoms with van der Waals surface area (Å²) in [5.74, 6) is 0.824. The summed E-state index contributed by atoms with van der Waals surface area (Å²) < 4.78 is 7.20. The predicted molar refractivity (Wildman–Crippen MR) is 94.8 cm³/mol. The van der Waals surface area contributed by atoms with Gasteiger partial charge in [-0.3, -0.25) is 4.79 Å². The molecule has 0 saturated heterocycles. The normalized spacial score (nSPS) is 12.8. The van der Waals surface area contributed by atoms with E-state index >= 15 is 0 Å². The molecule has 122 valence electrons. The van der Waals surface area contributed by atoms with Gasteiger partial charge in [0.25, 0.3) is 5.56 Å². The van der Waals surface area contributed by atoms with Crippen molar-refractivity contribution >= 4 is 32.4 Å². The van der Waals surface area contributed by atoms with Gasteiger partial charge in [-0.25, -0.2) is 4.98 Å². The van der Waals surface area contributed by atoms with Crippen LogP contribution in [0.1, 0.15) is 31.3 Å². The number of hydrogen-bond donors (Lipinski definition) is 1. The van der Waals surface area contributed by atoms with Crippen LogP contribution in [0.4, 0.5) is 5.13 Å². The quantitative estimate of drug-likeness (QED) is 0.614. The first-order valence-electron chi connectivity index (χ1n) is 7.79. The topological polar surface area (TPSA) is 72.4 Å². The molecule has 1 atom stereocenters. The molecule has 24 heavy (non-hydrogen) atoms. The molecule has 0 aliphatic heterocycles. The second kappa shape index (κ2) is 5.76. The first-order valence-corrected chi connectivity index (χ1v) is 8.60. The molecule has 0 saturated carbocycles. The van der Waals surface area contributed by atoms with Crippen molar-refractivity contribution in [2.45, 2.75) is 26.3 Å². The number of aromatic nitrogens is 3. The van der Waals surface area contributed by atoms with Crippen LogP contribution < -0.4 is 10.9 Å². The Hall–Kier alpha value is -2.67. The fraction of sp³-hybridized carbons (Fsp3) is 0.235. The monoisotopic (exact) mass is 340 g/mol. The van der Waals surface area contributed by atoms with Crippen LogP contribution in [0, 0.1) is 0 Å². The highest BCUT2D eigenvalue weighted by Crippen LogP contribution is 2.27. The number of rotatable bonds is 4. The summed E-state index contributed by atoms with van der Waals surface area (Å²) in [4.78, 5) is 17.1. The van der Waals surface area contributed by atoms with Gasteiger partial charge in [-0.2, -0.15) is 4.52 Å². The van der Waals surface area contributed by atoms with Crippen molar-refractivity contribution in [1.82, 2.24) is 14.6 Å². The van der Waals surface area contributed by atoms with Gasteiger partial charge in [0, 0.05) is 17.1 Å². The van der Waals surface area contributed by atoms with Crippen LogP contribution in [-0.2, 0) is 6.42 Å². The summed E-state index contributed by atoms with van der Waals surface area (Å²) in [7, 11) is 0. The van der Waals surface area contributed by atoms with E-state index in [1.54, 1.807) is 0 Å². The van der Waals surface area contributed by atoms with Gasteiger partial charge in [-0.15, -0.1) is 5.10 Å². The summed E-state index contributed by atoms with van der Waals surface area (Å²) in [6.45, 7) is 3.97. The minimum absolute atomic E-state index is 0.0701. The molecule has 0 aliphatic rings. The molecule has 0 bridgehead atoms. The van der Waals surface area contributed by atoms with Gasteiger partial charge in [-0.1, -0.05) is 36.5 Å². The van der Waals surface area contributed by atoms with E-state index in [4.69, 9.17) is 4.42 Å². The fourth-order valence-electron chi connectivity index (χ4n) is 2.57. The maximum Gasteiger partial charge on any atom is 0.275 e. The summed E-state index contributed by atoms with van der Waals surface area (Å²) in [5.41, 5.74) is 1.48. The van der Waals surface area contributed by atoms with Crippen molar-refractivity contribution in [3.63, 3.8) is 0 Å². The van der Waals surface area contributed by atoms with E-state index < -0.39 is 0 Å². The number of nitrogens with zero attached hydrogens (tertiary/aromatic N) is 3. The Kier molecular flexibility index (Phi) is 3.57. The van der Waals surface area contributed by atoms with Gasteiger partial charge in [0.05, 0.1) is 6.04 Å². The average Bonchev–Trinajstić information content (AvgIpc) is 3.18. The molecule has 0 radical (unpaired) electrons. The van der Waals surface area contributed by atoms with E-state index in [1.165, 1.54) is 21.9 Å². The van der Waals surface area contributed by atoms with E-state index in [9.17, 15) is 4.79 Å². The number of nitrogens with one attached hydrogen (secondary N) is 1. The molecule has 0 fully saturated rings. The van der Waals surface area contributed by atoms with E-state index in [0.29, 0.717) is 10.1 Å². The molecule has 4 rings (SSSR count). The van der Waals surface area contributed by atoms with Crippen molar-refractivity contribution in [2.24, 2.45) is 0 Å². The second-order valence-corrected chi connectivity index (χ2v) is 6.55. The smallest absolute Gasteiger partial charge is 0.275 e. The van der Waals surface area contributed by atoms with Crippen LogP contribution in [0.25, 0.3) is 15.9 Å². The van der Waals surface area contributed by atoms with Gasteiger partial charge in [0.2, 0.25) is 10.1 Å². The third kappa shape index (κ3) is 2.56. The van der Waals surface area contributed by atoms with Gasteiger partial charge in [-0.05, 0) is 25.5 Å². The number of furan rings is 1. The van der Waals surface area contributed by atoms with Crippen molar-refractivity contribution in [3.05, 3.63) is 58.2 Å². The molecule has 0 aliphatic carbocycles. The van der Waals surface area contributed by atoms with Gasteiger partial charge >= 0.3 is 0 Å². The third-order valence-electron chi connectivity index (χ3n) is 3.87. The minimum atomic E-state index is -0.155. The molecule has 4 aromatic rings. The Morgan fingerprint density at radius 3 is 2.96 bits per heavy atom. The van der Waals surface area contributed by atoms with Crippen molar-refractivity contribution < 1.29 is 4.42 Å². The lowest BCUT2D eigenvalue weighted by molar-refractivity contribution is 0.526. The Labute approximate surface area is 141 Å². The van der Waals surface area contributed by atoms with Crippen LogP contribution in [0.15, 0.2) is 45.6 Å². The summed E-state index contributed by atoms with van der Waals surface area (Å²) >= 11 is 1.36. The van der Waals surface area contributed by atoms with E-state index in [0.717, 1.165) is 28.8 Å². The molecule has 0 spiro atoms. The molecule has 3 aromatic heterocycles. The molecule has 7 heteroatoms. The molecule has 1 N–H and O–H groups in total. The second-order valence-electron chi connectivity index (χ2n) is 5.59. The lowest BCUT2D eigenvalue weighted by Crippen LogP contribution is -2.15. The Bertz CT molecular complexity index is 1050. The summed E-state index contributed by atoms with van der Waals surface area (Å²) in [5, 5.41) is 9.31. The average molecular weight is 340 g/mol. The van der Waals surface area contributed by atoms with Crippen LogP contribution in [0.3, 0.4) is 0 Å². The first-order chi connectivity index (χ1) is 11.6. The number of anilines is 1. The fourth-order valence-corrected chi connectivity index (χ4v) is 3.48. The Morgan fingerprint density at radius 2 is 2.17 bits per heavy atom. The predicted octanol–water partition coefficient (Wildman–Crippen LogP) is 3.63. The lowest BCUT2D eigenvalue weighted by atomic mass is 10.2. The van der Waals surface area contributed by atoms with Crippen LogP contribution in [-0.4, -0.2) is 14.6 Å². The summed E-state index contributed by atoms with van der Waals surface area (Å²) in [6, 6.07) is 11.4. The third-order valence-corrected chi connectivity index (χ3v) is 4.71. The molecule has 0 unspecified atom stereocenters. The van der Waals surface area contributed by atoms with Gasteiger partial charge in [0.1, 0.15) is 11.3 Å². The first kappa shape index (κ1) is 14.9. The van der Waals surface area contributed by atoms with E-state index in [-0.39, 0.29) is 11.6 Å². The Morgan fingerprint density at radius 1 is 1.33 bits per heavy atom. The number of para-hydroxylation sites is 1. The van der Waals surface area contributed by atoms with Crippen LogP contribution >= 0.6 is 11.3 Å². The maximum absolute atomic E-state index is 12.1. The molecule has 6 nitrogen and oxygen atoms in total. The lowest BCUT2D eigenvalue weighted by Gasteiger charge is -2.08. The SMILES string of the molecule is CCc1cc(=O)n2nc(N[C@H](C)c3cc4ccccc4o3)sc2n1. The van der Waals surface area contributed by atoms with Gasteiger partial charge in [0.15, 0.2) is 0 Å². The number of aryl methyl sites for hydroxylation is 1. The maximum atomic E-state index is 12.1. The van der Waals surface area contributed by atoms with Crippen molar-refractivity contribution in [1.29, 1.82) is 0 Å². The molecule has 1 aromatic carbocycles. The van der Waals surface area contributed by atoms with Gasteiger partial charge < -0.3 is 9.73 Å². The van der Waals surface area contributed by atoms with Crippen molar-refractivity contribution in [3.8, 4) is 0 Å². The zero-order chi connectivity index (χ0) is 16.7. The highest BCUT2D eigenvalue weighted by Gasteiger charge is 2.15. The zero-order valence-electron chi connectivity index (χ0n) is 13.3. The summed E-state index contributed by atoms with van der Waals surface area (Å²) in [6.07, 6.45) is 0.724. The van der Waals surface area contributed by atoms with E-state index in [2.05, 4.69) is 15.4 Å². The number of hydrogen-bond acceptors (Lipinski definition) is 6. The standard InChI is InChI=1S/C17H16N4O2S/c1-3-12-9-15(22)21-17(19-12)24-16(20-21)18-10(2)14-8-11-6-4-5-7-13(11)23-14/h4-10H,3H2,1-2H3,(H,18,20)/t10-/m1/s1. The largest absolute Gasteiger partial charge is 0.459 e. The minimum Gasteiger partial charge on any atom is -0.459 e. The Balaban J connectivity index is 1.65. The zero-order valence-corrected chi connectivity index (χ0v) is 14.1. The number of fused-ring (bicyclic) bond motifs is 2. The highest BCUT2D eigenvalue weighted by molar-refractivity contribution is 7.20.